The Balaban J connectivity index is 1.45. The summed E-state index contributed by atoms with van der Waals surface area (Å²) in [6, 6.07) is 10.7. The Bertz CT molecular complexity index is 1050. The maximum Gasteiger partial charge on any atom is 0.253 e. The van der Waals surface area contributed by atoms with Crippen molar-refractivity contribution in [1.29, 1.82) is 0 Å². The number of amides is 1. The second-order valence-electron chi connectivity index (χ2n) is 7.91. The lowest BCUT2D eigenvalue weighted by molar-refractivity contribution is -0.135. The Morgan fingerprint density at radius 1 is 1.17 bits per heavy atom. The summed E-state index contributed by atoms with van der Waals surface area (Å²) in [5.74, 6) is 0.743. The molecule has 1 amide bonds. The first kappa shape index (κ1) is 20.8. The molecule has 0 N–H and O–H groups in total. The summed E-state index contributed by atoms with van der Waals surface area (Å²) in [6.07, 6.45) is 2.29. The fraction of sp³-hybridized carbons (Fsp3) is 0.455. The van der Waals surface area contributed by atoms with E-state index in [9.17, 15) is 4.79 Å². The van der Waals surface area contributed by atoms with Gasteiger partial charge in [-0.1, -0.05) is 42.1 Å². The Hall–Kier alpha value is -2.45. The highest BCUT2D eigenvalue weighted by molar-refractivity contribution is 7.98. The first-order valence-corrected chi connectivity index (χ1v) is 11.5. The van der Waals surface area contributed by atoms with Crippen LogP contribution in [-0.4, -0.2) is 67.2 Å². The zero-order valence-corrected chi connectivity index (χ0v) is 18.8. The molecule has 3 aromatic rings. The van der Waals surface area contributed by atoms with Crippen molar-refractivity contribution in [1.82, 2.24) is 29.4 Å². The van der Waals surface area contributed by atoms with Gasteiger partial charge in [0.1, 0.15) is 0 Å². The van der Waals surface area contributed by atoms with Crippen LogP contribution in [0.3, 0.4) is 0 Å². The van der Waals surface area contributed by atoms with Gasteiger partial charge < -0.3 is 4.90 Å². The third-order valence-corrected chi connectivity index (χ3v) is 6.36. The van der Waals surface area contributed by atoms with Gasteiger partial charge in [-0.2, -0.15) is 4.98 Å². The Labute approximate surface area is 181 Å². The smallest absolute Gasteiger partial charge is 0.253 e. The van der Waals surface area contributed by atoms with Crippen molar-refractivity contribution in [2.75, 3.05) is 25.9 Å². The predicted molar refractivity (Wildman–Crippen MR) is 119 cm³/mol. The van der Waals surface area contributed by atoms with Crippen LogP contribution < -0.4 is 0 Å². The van der Waals surface area contributed by atoms with E-state index in [0.717, 1.165) is 43.1 Å². The minimum atomic E-state index is 0.152. The molecule has 0 radical (unpaired) electrons. The van der Waals surface area contributed by atoms with Crippen LogP contribution in [-0.2, 0) is 17.8 Å². The molecule has 4 rings (SSSR count). The quantitative estimate of drug-likeness (QED) is 0.587. The van der Waals surface area contributed by atoms with Gasteiger partial charge in [0.15, 0.2) is 0 Å². The molecule has 1 saturated heterocycles. The SMILES string of the molecule is CSc1nc2nc(C)c(CC(=O)N3CCN(Cc4ccccc4)CC3C)c(C)n2n1. The number of aryl methyl sites for hydroxylation is 2. The van der Waals surface area contributed by atoms with Gasteiger partial charge in [-0.3, -0.25) is 9.69 Å². The number of carbonyl (C=O) groups is 1. The minimum absolute atomic E-state index is 0.152. The average Bonchev–Trinajstić information content (AvgIpc) is 3.15. The van der Waals surface area contributed by atoms with Crippen molar-refractivity contribution in [3.8, 4) is 0 Å². The highest BCUT2D eigenvalue weighted by atomic mass is 32.2. The molecule has 1 atom stereocenters. The van der Waals surface area contributed by atoms with Crippen molar-refractivity contribution < 1.29 is 4.79 Å². The molecule has 7 nitrogen and oxygen atoms in total. The summed E-state index contributed by atoms with van der Waals surface area (Å²) in [4.78, 5) is 26.6. The number of hydrogen-bond acceptors (Lipinski definition) is 6. The zero-order chi connectivity index (χ0) is 21.3. The van der Waals surface area contributed by atoms with Crippen LogP contribution in [0.15, 0.2) is 35.5 Å². The van der Waals surface area contributed by atoms with E-state index in [2.05, 4.69) is 51.2 Å². The minimum Gasteiger partial charge on any atom is -0.337 e. The molecule has 1 fully saturated rings. The molecule has 158 valence electrons. The average molecular weight is 425 g/mol. The molecule has 0 aliphatic carbocycles. The van der Waals surface area contributed by atoms with Crippen LogP contribution in [0.1, 0.15) is 29.4 Å². The molecule has 1 aliphatic heterocycles. The van der Waals surface area contributed by atoms with E-state index in [0.29, 0.717) is 17.4 Å². The van der Waals surface area contributed by atoms with Gasteiger partial charge in [-0.15, -0.1) is 5.10 Å². The van der Waals surface area contributed by atoms with Crippen LogP contribution in [0.4, 0.5) is 0 Å². The molecule has 1 unspecified atom stereocenters. The fourth-order valence-electron chi connectivity index (χ4n) is 4.17. The number of nitrogens with zero attached hydrogens (tertiary/aromatic N) is 6. The molecule has 0 bridgehead atoms. The molecule has 0 saturated carbocycles. The fourth-order valence-corrected chi connectivity index (χ4v) is 4.51. The van der Waals surface area contributed by atoms with Crippen LogP contribution in [0.25, 0.3) is 5.78 Å². The summed E-state index contributed by atoms with van der Waals surface area (Å²) >= 11 is 1.49. The van der Waals surface area contributed by atoms with Gasteiger partial charge in [-0.25, -0.2) is 9.50 Å². The number of piperazine rings is 1. The van der Waals surface area contributed by atoms with Crippen LogP contribution in [0, 0.1) is 13.8 Å². The van der Waals surface area contributed by atoms with Crippen molar-refractivity contribution in [2.24, 2.45) is 0 Å². The first-order valence-electron chi connectivity index (χ1n) is 10.3. The predicted octanol–water partition coefficient (Wildman–Crippen LogP) is 2.74. The highest BCUT2D eigenvalue weighted by Gasteiger charge is 2.28. The molecular formula is C22H28N6OS. The molecule has 2 aromatic heterocycles. The molecule has 8 heteroatoms. The lowest BCUT2D eigenvalue weighted by Crippen LogP contribution is -2.54. The second kappa shape index (κ2) is 8.73. The number of fused-ring (bicyclic) bond motifs is 1. The van der Waals surface area contributed by atoms with Gasteiger partial charge in [-0.05, 0) is 32.6 Å². The first-order chi connectivity index (χ1) is 14.5. The van der Waals surface area contributed by atoms with Gasteiger partial charge in [0.05, 0.1) is 6.42 Å². The van der Waals surface area contributed by atoms with Gasteiger partial charge in [0.2, 0.25) is 11.1 Å². The van der Waals surface area contributed by atoms with E-state index in [4.69, 9.17) is 0 Å². The third kappa shape index (κ3) is 4.20. The van der Waals surface area contributed by atoms with Crippen molar-refractivity contribution in [3.05, 3.63) is 52.8 Å². The zero-order valence-electron chi connectivity index (χ0n) is 18.0. The number of benzene rings is 1. The van der Waals surface area contributed by atoms with Crippen molar-refractivity contribution in [2.45, 2.75) is 44.9 Å². The Morgan fingerprint density at radius 2 is 1.93 bits per heavy atom. The van der Waals surface area contributed by atoms with Gasteiger partial charge >= 0.3 is 0 Å². The van der Waals surface area contributed by atoms with Gasteiger partial charge in [0.25, 0.3) is 5.78 Å². The number of carbonyl (C=O) groups excluding carboxylic acids is 1. The third-order valence-electron chi connectivity index (χ3n) is 5.82. The number of rotatable bonds is 5. The Kier molecular flexibility index (Phi) is 6.06. The molecule has 3 heterocycles. The van der Waals surface area contributed by atoms with E-state index in [-0.39, 0.29) is 11.9 Å². The largest absolute Gasteiger partial charge is 0.337 e. The summed E-state index contributed by atoms with van der Waals surface area (Å²) in [6.45, 7) is 9.53. The van der Waals surface area contributed by atoms with Crippen LogP contribution in [0.5, 0.6) is 0 Å². The lowest BCUT2D eigenvalue weighted by atomic mass is 10.1. The summed E-state index contributed by atoms with van der Waals surface area (Å²) in [7, 11) is 0. The number of hydrogen-bond donors (Lipinski definition) is 0. The van der Waals surface area contributed by atoms with E-state index < -0.39 is 0 Å². The molecule has 0 spiro atoms. The highest BCUT2D eigenvalue weighted by Crippen LogP contribution is 2.20. The van der Waals surface area contributed by atoms with Gasteiger partial charge in [0, 0.05) is 49.2 Å². The monoisotopic (exact) mass is 424 g/mol. The maximum atomic E-state index is 13.2. The summed E-state index contributed by atoms with van der Waals surface area (Å²) in [5, 5.41) is 5.18. The van der Waals surface area contributed by atoms with E-state index in [1.807, 2.05) is 31.1 Å². The van der Waals surface area contributed by atoms with Crippen molar-refractivity contribution >= 4 is 23.4 Å². The topological polar surface area (TPSA) is 66.6 Å². The van der Waals surface area contributed by atoms with Crippen LogP contribution in [0.2, 0.25) is 0 Å². The molecule has 1 aromatic carbocycles. The number of thioether (sulfide) groups is 1. The summed E-state index contributed by atoms with van der Waals surface area (Å²) < 4.78 is 1.75. The Morgan fingerprint density at radius 3 is 2.63 bits per heavy atom. The second-order valence-corrected chi connectivity index (χ2v) is 8.68. The van der Waals surface area contributed by atoms with Crippen LogP contribution >= 0.6 is 11.8 Å². The normalized spacial score (nSPS) is 17.6. The standard InChI is InChI=1S/C22H28N6OS/c1-15-13-26(14-18-8-6-5-7-9-18)10-11-27(15)20(29)12-19-16(2)23-21-24-22(30-4)25-28(21)17(19)3/h5-9,15H,10-14H2,1-4H3. The van der Waals surface area contributed by atoms with E-state index in [1.54, 1.807) is 4.52 Å². The lowest BCUT2D eigenvalue weighted by Gasteiger charge is -2.40. The summed E-state index contributed by atoms with van der Waals surface area (Å²) in [5.41, 5.74) is 4.05. The number of aromatic nitrogens is 4. The maximum absolute atomic E-state index is 13.2. The molecule has 1 aliphatic rings. The molecule has 30 heavy (non-hydrogen) atoms. The van der Waals surface area contributed by atoms with E-state index in [1.165, 1.54) is 17.3 Å². The molecular weight excluding hydrogens is 396 g/mol. The van der Waals surface area contributed by atoms with Crippen molar-refractivity contribution in [3.63, 3.8) is 0 Å². The van der Waals surface area contributed by atoms with E-state index >= 15 is 0 Å².